The maximum Gasteiger partial charge on any atom is 0.255 e. The predicted molar refractivity (Wildman–Crippen MR) is 112 cm³/mol. The van der Waals surface area contributed by atoms with Crippen molar-refractivity contribution in [2.75, 3.05) is 12.1 Å². The molecule has 144 valence electrons. The van der Waals surface area contributed by atoms with E-state index in [0.717, 1.165) is 11.1 Å². The molecule has 0 atom stereocenters. The first-order valence-corrected chi connectivity index (χ1v) is 9.19. The zero-order valence-electron chi connectivity index (χ0n) is 15.8. The molecule has 0 bridgehead atoms. The molecule has 0 radical (unpaired) electrons. The smallest absolute Gasteiger partial charge is 0.255 e. The van der Waals surface area contributed by atoms with Crippen LogP contribution in [0.25, 0.3) is 6.08 Å². The number of fused-ring (bicyclic) bond motifs is 1. The first-order chi connectivity index (χ1) is 14.1. The number of hydrogen-bond acceptors (Lipinski definition) is 4. The Morgan fingerprint density at radius 1 is 0.897 bits per heavy atom. The largest absolute Gasteiger partial charge is 0.454 e. The molecule has 1 aliphatic rings. The molecule has 0 unspecified atom stereocenters. The van der Waals surface area contributed by atoms with Crippen molar-refractivity contribution in [1.29, 1.82) is 0 Å². The third-order valence-electron chi connectivity index (χ3n) is 4.53. The van der Waals surface area contributed by atoms with Gasteiger partial charge in [-0.3, -0.25) is 9.59 Å². The van der Waals surface area contributed by atoms with Crippen molar-refractivity contribution in [3.63, 3.8) is 0 Å². The molecule has 0 saturated carbocycles. The Morgan fingerprint density at radius 2 is 1.69 bits per heavy atom. The number of aryl methyl sites for hydroxylation is 1. The molecular formula is C24H19NO4. The van der Waals surface area contributed by atoms with E-state index in [1.54, 1.807) is 36.4 Å². The van der Waals surface area contributed by atoms with E-state index >= 15 is 0 Å². The summed E-state index contributed by atoms with van der Waals surface area (Å²) in [5.41, 5.74) is 3.64. The lowest BCUT2D eigenvalue weighted by atomic mass is 10.1. The van der Waals surface area contributed by atoms with Crippen LogP contribution in [0.1, 0.15) is 31.8 Å². The lowest BCUT2D eigenvalue weighted by molar-refractivity contribution is 0.102. The lowest BCUT2D eigenvalue weighted by Crippen LogP contribution is -2.12. The van der Waals surface area contributed by atoms with Crippen molar-refractivity contribution in [1.82, 2.24) is 0 Å². The monoisotopic (exact) mass is 385 g/mol. The SMILES string of the molecule is Cc1cccc(C(=O)Nc2ccc(C(=O)/C=C/c3ccc4c(c3)OCO4)cc2)c1. The molecule has 1 N–H and O–H groups in total. The topological polar surface area (TPSA) is 64.6 Å². The van der Waals surface area contributed by atoms with Gasteiger partial charge in [0.1, 0.15) is 0 Å². The quantitative estimate of drug-likeness (QED) is 0.503. The molecule has 0 fully saturated rings. The molecule has 1 heterocycles. The van der Waals surface area contributed by atoms with E-state index in [0.29, 0.717) is 28.3 Å². The molecule has 0 aliphatic carbocycles. The molecule has 4 rings (SSSR count). The zero-order valence-corrected chi connectivity index (χ0v) is 15.8. The number of rotatable bonds is 5. The van der Waals surface area contributed by atoms with Crippen molar-refractivity contribution < 1.29 is 19.1 Å². The second-order valence-electron chi connectivity index (χ2n) is 6.71. The summed E-state index contributed by atoms with van der Waals surface area (Å²) in [7, 11) is 0. The number of carbonyl (C=O) groups excluding carboxylic acids is 2. The molecule has 3 aromatic carbocycles. The molecule has 0 aromatic heterocycles. The van der Waals surface area contributed by atoms with Crippen LogP contribution in [0.4, 0.5) is 5.69 Å². The molecule has 0 saturated heterocycles. The van der Waals surface area contributed by atoms with Gasteiger partial charge in [0.05, 0.1) is 0 Å². The highest BCUT2D eigenvalue weighted by Gasteiger charge is 2.12. The van der Waals surface area contributed by atoms with Gasteiger partial charge in [0.2, 0.25) is 6.79 Å². The molecule has 1 aliphatic heterocycles. The van der Waals surface area contributed by atoms with E-state index in [9.17, 15) is 9.59 Å². The van der Waals surface area contributed by atoms with Gasteiger partial charge >= 0.3 is 0 Å². The molecule has 0 spiro atoms. The van der Waals surface area contributed by atoms with E-state index < -0.39 is 0 Å². The van der Waals surface area contributed by atoms with Gasteiger partial charge in [-0.05, 0) is 67.1 Å². The average Bonchev–Trinajstić information content (AvgIpc) is 3.20. The minimum atomic E-state index is -0.185. The summed E-state index contributed by atoms with van der Waals surface area (Å²) in [6.45, 7) is 2.16. The summed E-state index contributed by atoms with van der Waals surface area (Å²) < 4.78 is 10.6. The second-order valence-corrected chi connectivity index (χ2v) is 6.71. The molecule has 1 amide bonds. The third kappa shape index (κ3) is 4.35. The average molecular weight is 385 g/mol. The molecular weight excluding hydrogens is 366 g/mol. The van der Waals surface area contributed by atoms with Crippen LogP contribution >= 0.6 is 0 Å². The minimum Gasteiger partial charge on any atom is -0.454 e. The third-order valence-corrected chi connectivity index (χ3v) is 4.53. The Bertz CT molecular complexity index is 1100. The van der Waals surface area contributed by atoms with E-state index in [1.165, 1.54) is 6.08 Å². The Balaban J connectivity index is 1.40. The molecule has 5 heteroatoms. The van der Waals surface area contributed by atoms with Gasteiger partial charge in [-0.25, -0.2) is 0 Å². The Labute approximate surface area is 168 Å². The van der Waals surface area contributed by atoms with Crippen LogP contribution in [0.3, 0.4) is 0 Å². The predicted octanol–water partition coefficient (Wildman–Crippen LogP) is 4.87. The van der Waals surface area contributed by atoms with Gasteiger partial charge in [-0.15, -0.1) is 0 Å². The van der Waals surface area contributed by atoms with Crippen LogP contribution in [-0.2, 0) is 0 Å². The van der Waals surface area contributed by atoms with Crippen molar-refractivity contribution in [2.24, 2.45) is 0 Å². The van der Waals surface area contributed by atoms with Crippen LogP contribution in [0.5, 0.6) is 11.5 Å². The fourth-order valence-electron chi connectivity index (χ4n) is 2.99. The fourth-order valence-corrected chi connectivity index (χ4v) is 2.99. The van der Waals surface area contributed by atoms with Crippen LogP contribution < -0.4 is 14.8 Å². The van der Waals surface area contributed by atoms with Crippen molar-refractivity contribution >= 4 is 23.5 Å². The number of anilines is 1. The highest BCUT2D eigenvalue weighted by atomic mass is 16.7. The Morgan fingerprint density at radius 3 is 2.48 bits per heavy atom. The van der Waals surface area contributed by atoms with Gasteiger partial charge in [0.25, 0.3) is 5.91 Å². The van der Waals surface area contributed by atoms with Gasteiger partial charge in [0.15, 0.2) is 17.3 Å². The standard InChI is InChI=1S/C24H19NO4/c1-16-3-2-4-19(13-16)24(27)25-20-9-7-18(8-10-20)21(26)11-5-17-6-12-22-23(14-17)29-15-28-22/h2-14H,15H2,1H3,(H,25,27)/b11-5+. The van der Waals surface area contributed by atoms with Gasteiger partial charge < -0.3 is 14.8 Å². The van der Waals surface area contributed by atoms with Crippen molar-refractivity contribution in [3.8, 4) is 11.5 Å². The van der Waals surface area contributed by atoms with Gasteiger partial charge in [-0.1, -0.05) is 29.8 Å². The van der Waals surface area contributed by atoms with Crippen LogP contribution in [-0.4, -0.2) is 18.5 Å². The summed E-state index contributed by atoms with van der Waals surface area (Å²) in [4.78, 5) is 24.7. The zero-order chi connectivity index (χ0) is 20.2. The fraction of sp³-hybridized carbons (Fsp3) is 0.0833. The second kappa shape index (κ2) is 8.02. The van der Waals surface area contributed by atoms with Crippen LogP contribution in [0.15, 0.2) is 72.8 Å². The number of carbonyl (C=O) groups is 2. The number of allylic oxidation sites excluding steroid dienone is 1. The first-order valence-electron chi connectivity index (χ1n) is 9.19. The summed E-state index contributed by atoms with van der Waals surface area (Å²) in [6, 6.07) is 19.7. The molecule has 3 aromatic rings. The maximum atomic E-state index is 12.4. The van der Waals surface area contributed by atoms with Gasteiger partial charge in [0, 0.05) is 16.8 Å². The number of ketones is 1. The number of nitrogens with one attached hydrogen (secondary N) is 1. The summed E-state index contributed by atoms with van der Waals surface area (Å²) in [6.07, 6.45) is 3.25. The number of amides is 1. The highest BCUT2D eigenvalue weighted by Crippen LogP contribution is 2.32. The molecule has 29 heavy (non-hydrogen) atoms. The highest BCUT2D eigenvalue weighted by molar-refractivity contribution is 6.08. The summed E-state index contributed by atoms with van der Waals surface area (Å²) >= 11 is 0. The van der Waals surface area contributed by atoms with Crippen molar-refractivity contribution in [3.05, 3.63) is 95.1 Å². The minimum absolute atomic E-state index is 0.126. The Hall–Kier alpha value is -3.86. The normalized spacial score (nSPS) is 12.2. The van der Waals surface area contributed by atoms with E-state index in [1.807, 2.05) is 43.3 Å². The number of ether oxygens (including phenoxy) is 2. The number of benzene rings is 3. The maximum absolute atomic E-state index is 12.4. The van der Waals surface area contributed by atoms with Crippen LogP contribution in [0.2, 0.25) is 0 Å². The van der Waals surface area contributed by atoms with Gasteiger partial charge in [-0.2, -0.15) is 0 Å². The van der Waals surface area contributed by atoms with E-state index in [4.69, 9.17) is 9.47 Å². The van der Waals surface area contributed by atoms with E-state index in [2.05, 4.69) is 5.32 Å². The van der Waals surface area contributed by atoms with E-state index in [-0.39, 0.29) is 18.5 Å². The first kappa shape index (κ1) is 18.5. The van der Waals surface area contributed by atoms with Crippen LogP contribution in [0, 0.1) is 6.92 Å². The Kier molecular flexibility index (Phi) is 5.12. The lowest BCUT2D eigenvalue weighted by Gasteiger charge is -2.06. The number of hydrogen-bond donors (Lipinski definition) is 1. The summed E-state index contributed by atoms with van der Waals surface area (Å²) in [5.74, 6) is 1.07. The molecule has 5 nitrogen and oxygen atoms in total. The summed E-state index contributed by atoms with van der Waals surface area (Å²) in [5, 5.41) is 2.84. The van der Waals surface area contributed by atoms with Crippen molar-refractivity contribution in [2.45, 2.75) is 6.92 Å².